The zero-order valence-electron chi connectivity index (χ0n) is 6.91. The highest BCUT2D eigenvalue weighted by atomic mass is 35.5. The second-order valence-electron chi connectivity index (χ2n) is 3.23. The molecule has 0 aromatic carbocycles. The van der Waals surface area contributed by atoms with Gasteiger partial charge in [-0.1, -0.05) is 0 Å². The minimum absolute atomic E-state index is 0. The van der Waals surface area contributed by atoms with Gasteiger partial charge >= 0.3 is 0 Å². The molecule has 0 unspecified atom stereocenters. The topological polar surface area (TPSA) is 47.3 Å². The highest BCUT2D eigenvalue weighted by molar-refractivity contribution is 5.85. The fourth-order valence-corrected chi connectivity index (χ4v) is 2.02. The predicted molar refractivity (Wildman–Crippen MR) is 53.2 cm³/mol. The Hall–Kier alpha value is 0.460. The third-order valence-electron chi connectivity index (χ3n) is 2.76. The van der Waals surface area contributed by atoms with Crippen molar-refractivity contribution in [3.63, 3.8) is 0 Å². The van der Waals surface area contributed by atoms with Gasteiger partial charge in [0.25, 0.3) is 0 Å². The van der Waals surface area contributed by atoms with Crippen LogP contribution in [0, 0.1) is 5.92 Å². The number of rotatable bonds is 1. The highest BCUT2D eigenvalue weighted by Gasteiger charge is 2.46. The summed E-state index contributed by atoms with van der Waals surface area (Å²) in [5.41, 5.74) is 5.66. The Bertz CT molecular complexity index is 135. The first-order chi connectivity index (χ1) is 4.87. The molecule has 0 radical (unpaired) electrons. The van der Waals surface area contributed by atoms with Crippen LogP contribution in [0.3, 0.4) is 0 Å². The predicted octanol–water partition coefficient (Wildman–Crippen LogP) is 0.167. The second kappa shape index (κ2) is 4.63. The Kier molecular flexibility index (Phi) is 4.81. The summed E-state index contributed by atoms with van der Waals surface area (Å²) in [6, 6.07) is 0. The van der Waals surface area contributed by atoms with E-state index in [2.05, 4.69) is 5.32 Å². The summed E-state index contributed by atoms with van der Waals surface area (Å²) in [6.45, 7) is 3.62. The average molecular weight is 215 g/mol. The molecular formula is C7H16Cl2N2O. The van der Waals surface area contributed by atoms with Gasteiger partial charge in [0.2, 0.25) is 0 Å². The van der Waals surface area contributed by atoms with Gasteiger partial charge in [-0.25, -0.2) is 0 Å². The molecule has 0 amide bonds. The SMILES string of the molecule is Cl.Cl.NC[C@]12CNC[C@H]1CCO2. The number of nitrogens with two attached hydrogens (primary N) is 1. The molecule has 12 heavy (non-hydrogen) atoms. The van der Waals surface area contributed by atoms with Gasteiger partial charge in [0.05, 0.1) is 5.60 Å². The van der Waals surface area contributed by atoms with E-state index in [-0.39, 0.29) is 30.4 Å². The van der Waals surface area contributed by atoms with Crippen molar-refractivity contribution < 1.29 is 4.74 Å². The maximum Gasteiger partial charge on any atom is 0.0968 e. The first-order valence-electron chi connectivity index (χ1n) is 3.92. The number of fused-ring (bicyclic) bond motifs is 1. The molecule has 2 heterocycles. The molecule has 0 aromatic heterocycles. The highest BCUT2D eigenvalue weighted by Crippen LogP contribution is 2.33. The van der Waals surface area contributed by atoms with Crippen molar-refractivity contribution >= 4 is 24.8 Å². The summed E-state index contributed by atoms with van der Waals surface area (Å²) >= 11 is 0. The van der Waals surface area contributed by atoms with Crippen LogP contribution in [0.25, 0.3) is 0 Å². The molecular weight excluding hydrogens is 199 g/mol. The van der Waals surface area contributed by atoms with Crippen LogP contribution < -0.4 is 11.1 Å². The third kappa shape index (κ3) is 1.70. The van der Waals surface area contributed by atoms with Gasteiger partial charge in [-0.15, -0.1) is 24.8 Å². The van der Waals surface area contributed by atoms with Crippen LogP contribution in [0.1, 0.15) is 6.42 Å². The zero-order chi connectivity index (χ0) is 7.03. The Morgan fingerprint density at radius 3 is 2.83 bits per heavy atom. The van der Waals surface area contributed by atoms with Gasteiger partial charge in [-0.2, -0.15) is 0 Å². The molecule has 3 N–H and O–H groups in total. The fraction of sp³-hybridized carbons (Fsp3) is 1.00. The molecule has 5 heteroatoms. The lowest BCUT2D eigenvalue weighted by molar-refractivity contribution is 0.0111. The molecule has 2 atom stereocenters. The van der Waals surface area contributed by atoms with E-state index >= 15 is 0 Å². The molecule has 2 saturated heterocycles. The van der Waals surface area contributed by atoms with Crippen LogP contribution in [0.5, 0.6) is 0 Å². The average Bonchev–Trinajstić information content (AvgIpc) is 2.42. The van der Waals surface area contributed by atoms with Crippen LogP contribution in [0.15, 0.2) is 0 Å². The van der Waals surface area contributed by atoms with Crippen LogP contribution in [0.4, 0.5) is 0 Å². The van der Waals surface area contributed by atoms with Crippen LogP contribution in [0.2, 0.25) is 0 Å². The number of halogens is 2. The summed E-state index contributed by atoms with van der Waals surface area (Å²) < 4.78 is 5.63. The maximum atomic E-state index is 5.64. The van der Waals surface area contributed by atoms with E-state index in [1.165, 1.54) is 6.42 Å². The molecule has 0 bridgehead atoms. The summed E-state index contributed by atoms with van der Waals surface area (Å²) in [5, 5.41) is 3.31. The van der Waals surface area contributed by atoms with E-state index in [4.69, 9.17) is 10.5 Å². The van der Waals surface area contributed by atoms with E-state index in [9.17, 15) is 0 Å². The molecule has 3 nitrogen and oxygen atoms in total. The zero-order valence-corrected chi connectivity index (χ0v) is 8.55. The summed E-state index contributed by atoms with van der Waals surface area (Å²) in [7, 11) is 0. The van der Waals surface area contributed by atoms with Gasteiger partial charge in [0, 0.05) is 32.2 Å². The monoisotopic (exact) mass is 214 g/mol. The molecule has 2 aliphatic heterocycles. The van der Waals surface area contributed by atoms with Crippen molar-refractivity contribution in [2.45, 2.75) is 12.0 Å². The smallest absolute Gasteiger partial charge is 0.0968 e. The molecule has 74 valence electrons. The molecule has 2 rings (SSSR count). The Morgan fingerprint density at radius 1 is 1.50 bits per heavy atom. The summed E-state index contributed by atoms with van der Waals surface area (Å²) in [5.74, 6) is 0.678. The van der Waals surface area contributed by atoms with Crippen molar-refractivity contribution in [3.05, 3.63) is 0 Å². The van der Waals surface area contributed by atoms with Gasteiger partial charge in [-0.3, -0.25) is 0 Å². The standard InChI is InChI=1S/C7H14N2O.2ClH/c8-4-7-5-9-3-6(7)1-2-10-7;;/h6,9H,1-5,8H2;2*1H/t6-,7+;;/m1../s1. The van der Waals surface area contributed by atoms with Crippen LogP contribution in [-0.2, 0) is 4.74 Å². The maximum absolute atomic E-state index is 5.64. The number of hydrogen-bond donors (Lipinski definition) is 2. The summed E-state index contributed by atoms with van der Waals surface area (Å²) in [4.78, 5) is 0. The number of ether oxygens (including phenoxy) is 1. The Morgan fingerprint density at radius 2 is 2.25 bits per heavy atom. The van der Waals surface area contributed by atoms with Crippen molar-refractivity contribution in [2.75, 3.05) is 26.2 Å². The van der Waals surface area contributed by atoms with Gasteiger partial charge in [0.1, 0.15) is 0 Å². The van der Waals surface area contributed by atoms with Gasteiger partial charge < -0.3 is 15.8 Å². The first-order valence-corrected chi connectivity index (χ1v) is 3.92. The quantitative estimate of drug-likeness (QED) is 0.655. The van der Waals surface area contributed by atoms with E-state index in [0.29, 0.717) is 12.5 Å². The van der Waals surface area contributed by atoms with Gasteiger partial charge in [0.15, 0.2) is 0 Å². The van der Waals surface area contributed by atoms with Crippen LogP contribution in [-0.4, -0.2) is 31.8 Å². The van der Waals surface area contributed by atoms with Crippen molar-refractivity contribution in [2.24, 2.45) is 11.7 Å². The van der Waals surface area contributed by atoms with Crippen molar-refractivity contribution in [1.82, 2.24) is 5.32 Å². The molecule has 0 aromatic rings. The summed E-state index contributed by atoms with van der Waals surface area (Å²) in [6.07, 6.45) is 1.18. The molecule has 2 aliphatic rings. The first kappa shape index (κ1) is 12.5. The number of nitrogens with one attached hydrogen (secondary N) is 1. The molecule has 0 saturated carbocycles. The van der Waals surface area contributed by atoms with Crippen molar-refractivity contribution in [3.8, 4) is 0 Å². The fourth-order valence-electron chi connectivity index (χ4n) is 2.02. The largest absolute Gasteiger partial charge is 0.372 e. The third-order valence-corrected chi connectivity index (χ3v) is 2.76. The molecule has 0 spiro atoms. The number of hydrogen-bond acceptors (Lipinski definition) is 3. The minimum Gasteiger partial charge on any atom is -0.372 e. The Labute approximate surface area is 85.2 Å². The normalized spacial score (nSPS) is 38.2. The lowest BCUT2D eigenvalue weighted by Crippen LogP contribution is -2.43. The van der Waals surface area contributed by atoms with E-state index in [1.54, 1.807) is 0 Å². The van der Waals surface area contributed by atoms with E-state index in [1.807, 2.05) is 0 Å². The van der Waals surface area contributed by atoms with E-state index < -0.39 is 0 Å². The molecule has 0 aliphatic carbocycles. The minimum atomic E-state index is 0. The van der Waals surface area contributed by atoms with Crippen molar-refractivity contribution in [1.29, 1.82) is 0 Å². The van der Waals surface area contributed by atoms with E-state index in [0.717, 1.165) is 19.7 Å². The lowest BCUT2D eigenvalue weighted by Gasteiger charge is -2.24. The van der Waals surface area contributed by atoms with Crippen LogP contribution >= 0.6 is 24.8 Å². The second-order valence-corrected chi connectivity index (χ2v) is 3.23. The lowest BCUT2D eigenvalue weighted by atomic mass is 9.91. The van der Waals surface area contributed by atoms with Gasteiger partial charge in [-0.05, 0) is 6.42 Å². The molecule has 2 fully saturated rings. The Balaban J connectivity index is 0.000000605.